The van der Waals surface area contributed by atoms with Crippen molar-refractivity contribution in [2.45, 2.75) is 46.4 Å². The number of nitrogens with zero attached hydrogens (tertiary/aromatic N) is 1. The average Bonchev–Trinajstić information content (AvgIpc) is 2.71. The first-order valence-corrected chi connectivity index (χ1v) is 10.4. The molecule has 0 spiro atoms. The zero-order valence-electron chi connectivity index (χ0n) is 17.7. The highest BCUT2D eigenvalue weighted by Gasteiger charge is 2.18. The summed E-state index contributed by atoms with van der Waals surface area (Å²) in [5.74, 6) is 0.668. The third kappa shape index (κ3) is 6.58. The molecule has 5 heteroatoms. The number of aryl methyl sites for hydroxylation is 2. The van der Waals surface area contributed by atoms with E-state index < -0.39 is 6.10 Å². The number of amides is 1. The molecule has 29 heavy (non-hydrogen) atoms. The third-order valence-electron chi connectivity index (χ3n) is 5.14. The number of hydrogen-bond acceptors (Lipinski definition) is 4. The molecule has 5 nitrogen and oxygen atoms in total. The van der Waals surface area contributed by atoms with Gasteiger partial charge in [0.1, 0.15) is 5.75 Å². The van der Waals surface area contributed by atoms with Crippen LogP contribution in [0.2, 0.25) is 0 Å². The number of hydrogen-bond donors (Lipinski definition) is 1. The summed E-state index contributed by atoms with van der Waals surface area (Å²) in [5, 5.41) is 3.01. The van der Waals surface area contributed by atoms with Crippen molar-refractivity contribution in [1.29, 1.82) is 0 Å². The maximum absolute atomic E-state index is 12.6. The molecule has 1 fully saturated rings. The lowest BCUT2D eigenvalue weighted by atomic mass is 10.1. The van der Waals surface area contributed by atoms with Gasteiger partial charge in [-0.1, -0.05) is 37.3 Å². The summed E-state index contributed by atoms with van der Waals surface area (Å²) in [4.78, 5) is 15.0. The zero-order chi connectivity index (χ0) is 20.6. The fraction of sp³-hybridized carbons (Fsp3) is 0.458. The second-order valence-electron chi connectivity index (χ2n) is 7.76. The summed E-state index contributed by atoms with van der Waals surface area (Å²) >= 11 is 0. The Morgan fingerprint density at radius 2 is 1.69 bits per heavy atom. The fourth-order valence-electron chi connectivity index (χ4n) is 3.57. The Morgan fingerprint density at radius 3 is 2.31 bits per heavy atom. The number of carbonyl (C=O) groups excluding carboxylic acids is 1. The molecule has 0 bridgehead atoms. The third-order valence-corrected chi connectivity index (χ3v) is 5.14. The maximum Gasteiger partial charge on any atom is 0.261 e. The Bertz CT molecular complexity index is 778. The van der Waals surface area contributed by atoms with Gasteiger partial charge in [-0.15, -0.1) is 0 Å². The van der Waals surface area contributed by atoms with Gasteiger partial charge in [-0.05, 0) is 54.7 Å². The first-order valence-electron chi connectivity index (χ1n) is 10.4. The Kier molecular flexibility index (Phi) is 7.67. The molecule has 0 radical (unpaired) electrons. The predicted molar refractivity (Wildman–Crippen MR) is 115 cm³/mol. The van der Waals surface area contributed by atoms with E-state index in [1.54, 1.807) is 0 Å². The van der Waals surface area contributed by atoms with Crippen LogP contribution < -0.4 is 10.1 Å². The molecular formula is C24H32N2O3. The highest BCUT2D eigenvalue weighted by atomic mass is 16.5. The quantitative estimate of drug-likeness (QED) is 0.741. The van der Waals surface area contributed by atoms with Crippen molar-refractivity contribution >= 4 is 5.91 Å². The lowest BCUT2D eigenvalue weighted by Gasteiger charge is -2.26. The van der Waals surface area contributed by atoms with E-state index >= 15 is 0 Å². The summed E-state index contributed by atoms with van der Waals surface area (Å²) in [6.07, 6.45) is 0.133. The molecule has 3 rings (SSSR count). The van der Waals surface area contributed by atoms with Gasteiger partial charge >= 0.3 is 0 Å². The molecule has 2 aromatic rings. The molecule has 1 aliphatic heterocycles. The van der Waals surface area contributed by atoms with E-state index in [4.69, 9.17) is 9.47 Å². The van der Waals surface area contributed by atoms with Gasteiger partial charge in [0.15, 0.2) is 6.10 Å². The molecule has 1 unspecified atom stereocenters. The van der Waals surface area contributed by atoms with Crippen LogP contribution in [0.1, 0.15) is 35.6 Å². The Morgan fingerprint density at radius 1 is 1.07 bits per heavy atom. The topological polar surface area (TPSA) is 50.8 Å². The van der Waals surface area contributed by atoms with Crippen molar-refractivity contribution < 1.29 is 14.3 Å². The molecule has 1 saturated heterocycles. The summed E-state index contributed by atoms with van der Waals surface area (Å²) in [5.41, 5.74) is 4.64. The van der Waals surface area contributed by atoms with E-state index in [0.717, 1.165) is 55.3 Å². The smallest absolute Gasteiger partial charge is 0.261 e. The normalized spacial score (nSPS) is 15.7. The van der Waals surface area contributed by atoms with E-state index in [1.165, 1.54) is 5.56 Å². The van der Waals surface area contributed by atoms with Gasteiger partial charge in [-0.2, -0.15) is 0 Å². The molecule has 1 aliphatic rings. The van der Waals surface area contributed by atoms with E-state index in [1.807, 2.05) is 32.9 Å². The van der Waals surface area contributed by atoms with E-state index in [-0.39, 0.29) is 5.91 Å². The zero-order valence-corrected chi connectivity index (χ0v) is 17.7. The summed E-state index contributed by atoms with van der Waals surface area (Å²) in [7, 11) is 0. The van der Waals surface area contributed by atoms with Crippen molar-refractivity contribution in [3.63, 3.8) is 0 Å². The fourth-order valence-corrected chi connectivity index (χ4v) is 3.57. The average molecular weight is 397 g/mol. The second-order valence-corrected chi connectivity index (χ2v) is 7.76. The molecule has 0 aromatic heterocycles. The van der Waals surface area contributed by atoms with Crippen LogP contribution >= 0.6 is 0 Å². The monoisotopic (exact) mass is 396 g/mol. The lowest BCUT2D eigenvalue weighted by molar-refractivity contribution is -0.128. The maximum atomic E-state index is 12.6. The van der Waals surface area contributed by atoms with Crippen molar-refractivity contribution in [1.82, 2.24) is 10.2 Å². The Balaban J connectivity index is 1.50. The van der Waals surface area contributed by atoms with Gasteiger partial charge in [0.25, 0.3) is 5.91 Å². The molecule has 1 heterocycles. The van der Waals surface area contributed by atoms with Gasteiger partial charge in [-0.25, -0.2) is 0 Å². The molecule has 0 aliphatic carbocycles. The highest BCUT2D eigenvalue weighted by Crippen LogP contribution is 2.18. The van der Waals surface area contributed by atoms with Crippen molar-refractivity contribution in [3.05, 3.63) is 64.7 Å². The SMILES string of the molecule is CCC(Oc1cc(C)cc(C)c1)C(=O)NCc1ccc(CN2CCOCC2)cc1. The van der Waals surface area contributed by atoms with Gasteiger partial charge in [0, 0.05) is 26.2 Å². The van der Waals surface area contributed by atoms with Gasteiger partial charge in [0.05, 0.1) is 13.2 Å². The minimum atomic E-state index is -0.489. The molecule has 1 atom stereocenters. The number of rotatable bonds is 8. The van der Waals surface area contributed by atoms with Crippen molar-refractivity contribution in [2.75, 3.05) is 26.3 Å². The molecular weight excluding hydrogens is 364 g/mol. The van der Waals surface area contributed by atoms with Crippen LogP contribution in [0.15, 0.2) is 42.5 Å². The van der Waals surface area contributed by atoms with E-state index in [9.17, 15) is 4.79 Å². The molecule has 2 aromatic carbocycles. The lowest BCUT2D eigenvalue weighted by Crippen LogP contribution is -2.37. The Labute approximate surface area is 174 Å². The van der Waals surface area contributed by atoms with Crippen LogP contribution in [-0.4, -0.2) is 43.2 Å². The van der Waals surface area contributed by atoms with Crippen LogP contribution in [0.3, 0.4) is 0 Å². The number of morpholine rings is 1. The summed E-state index contributed by atoms with van der Waals surface area (Å²) < 4.78 is 11.3. The second kappa shape index (κ2) is 10.4. The molecule has 156 valence electrons. The van der Waals surface area contributed by atoms with Crippen LogP contribution in [0.25, 0.3) is 0 Å². The van der Waals surface area contributed by atoms with Gasteiger partial charge in [-0.3, -0.25) is 9.69 Å². The highest BCUT2D eigenvalue weighted by molar-refractivity contribution is 5.81. The minimum Gasteiger partial charge on any atom is -0.481 e. The number of benzene rings is 2. The molecule has 0 saturated carbocycles. The van der Waals surface area contributed by atoms with Crippen LogP contribution in [-0.2, 0) is 22.6 Å². The molecule has 1 N–H and O–H groups in total. The Hall–Kier alpha value is -2.37. The largest absolute Gasteiger partial charge is 0.481 e. The van der Waals surface area contributed by atoms with Crippen molar-refractivity contribution in [2.24, 2.45) is 0 Å². The standard InChI is InChI=1S/C24H32N2O3/c1-4-23(29-22-14-18(2)13-19(3)15-22)24(27)25-16-20-5-7-21(8-6-20)17-26-9-11-28-12-10-26/h5-8,13-15,23H,4,9-12,16-17H2,1-3H3,(H,25,27). The predicted octanol–water partition coefficient (Wildman–Crippen LogP) is 3.61. The number of ether oxygens (including phenoxy) is 2. The minimum absolute atomic E-state index is 0.0796. The van der Waals surface area contributed by atoms with Crippen molar-refractivity contribution in [3.8, 4) is 5.75 Å². The number of nitrogens with one attached hydrogen (secondary N) is 1. The summed E-state index contributed by atoms with van der Waals surface area (Å²) in [6.45, 7) is 11.1. The number of carbonyl (C=O) groups is 1. The van der Waals surface area contributed by atoms with E-state index in [0.29, 0.717) is 13.0 Å². The van der Waals surface area contributed by atoms with Gasteiger partial charge in [0.2, 0.25) is 0 Å². The summed E-state index contributed by atoms with van der Waals surface area (Å²) in [6, 6.07) is 14.5. The van der Waals surface area contributed by atoms with Gasteiger partial charge < -0.3 is 14.8 Å². The van der Waals surface area contributed by atoms with Crippen LogP contribution in [0.5, 0.6) is 5.75 Å². The van der Waals surface area contributed by atoms with Crippen LogP contribution in [0.4, 0.5) is 0 Å². The van der Waals surface area contributed by atoms with Crippen LogP contribution in [0, 0.1) is 13.8 Å². The van der Waals surface area contributed by atoms with E-state index in [2.05, 4.69) is 40.5 Å². The first kappa shape index (κ1) is 21.3. The molecule has 1 amide bonds. The first-order chi connectivity index (χ1) is 14.0.